The normalized spacial score (nSPS) is 9.28. The zero-order chi connectivity index (χ0) is 27.2. The smallest absolute Gasteiger partial charge is 0.192 e. The molecule has 164 valence electrons. The van der Waals surface area contributed by atoms with Crippen LogP contribution in [0.15, 0.2) is 12.1 Å². The lowest BCUT2D eigenvalue weighted by molar-refractivity contribution is -0.137. The monoisotopic (exact) mass is 473 g/mol. The van der Waals surface area contributed by atoms with Gasteiger partial charge in [-0.3, -0.25) is 0 Å². The summed E-state index contributed by atoms with van der Waals surface area (Å²) >= 11 is 0. The fourth-order valence-corrected chi connectivity index (χ4v) is 3.31. The summed E-state index contributed by atoms with van der Waals surface area (Å²) in [5, 5.41) is 84.1. The first-order valence-electron chi connectivity index (χ1n) is 8.98. The topological polar surface area (TPSA) is 214 Å². The van der Waals surface area contributed by atoms with Gasteiger partial charge in [0.1, 0.15) is 60.2 Å². The lowest BCUT2D eigenvalue weighted by Crippen LogP contribution is -2.30. The summed E-state index contributed by atoms with van der Waals surface area (Å²) in [7, 11) is 0. The van der Waals surface area contributed by atoms with E-state index in [9.17, 15) is 55.3 Å². The van der Waals surface area contributed by atoms with Crippen molar-refractivity contribution in [1.82, 2.24) is 0 Å². The van der Waals surface area contributed by atoms with Crippen LogP contribution in [0, 0.1) is 102 Å². The van der Waals surface area contributed by atoms with Gasteiger partial charge in [0, 0.05) is 16.0 Å². The van der Waals surface area contributed by atoms with Gasteiger partial charge in [-0.15, -0.1) is 0 Å². The molecule has 12 heteroatoms. The molecule has 2 aromatic rings. The number of halogens is 3. The van der Waals surface area contributed by atoms with Crippen LogP contribution in [-0.4, -0.2) is 0 Å². The molecule has 9 nitrogen and oxygen atoms in total. The van der Waals surface area contributed by atoms with Crippen molar-refractivity contribution >= 4 is 11.1 Å². The van der Waals surface area contributed by atoms with E-state index in [4.69, 9.17) is 5.26 Å². The van der Waals surface area contributed by atoms with Crippen LogP contribution in [-0.2, 0) is 6.18 Å². The van der Waals surface area contributed by atoms with E-state index in [0.717, 1.165) is 0 Å². The number of hydrogen-bond donors (Lipinski definition) is 0. The summed E-state index contributed by atoms with van der Waals surface area (Å²) in [6.07, 6.45) is -5.19. The van der Waals surface area contributed by atoms with Gasteiger partial charge in [-0.25, -0.2) is 0 Å². The summed E-state index contributed by atoms with van der Waals surface area (Å²) < 4.78 is 41.7. The highest BCUT2D eigenvalue weighted by molar-refractivity contribution is 5.85. The molecule has 0 bridgehead atoms. The Kier molecular flexibility index (Phi) is 7.04. The molecule has 0 spiro atoms. The van der Waals surface area contributed by atoms with E-state index < -0.39 is 72.3 Å². The molecule has 0 radical (unpaired) electrons. The van der Waals surface area contributed by atoms with Crippen LogP contribution in [0.2, 0.25) is 0 Å². The molecule has 0 saturated heterocycles. The Labute approximate surface area is 200 Å². The highest BCUT2D eigenvalue weighted by Gasteiger charge is 2.36. The predicted molar refractivity (Wildman–Crippen MR) is 108 cm³/mol. The van der Waals surface area contributed by atoms with E-state index in [2.05, 4.69) is 0 Å². The van der Waals surface area contributed by atoms with Crippen molar-refractivity contribution in [1.29, 1.82) is 47.4 Å². The molecule has 0 aliphatic rings. The average molecular weight is 473 g/mol. The molecule has 0 N–H and O–H groups in total. The van der Waals surface area contributed by atoms with E-state index in [1.165, 1.54) is 54.6 Å². The van der Waals surface area contributed by atoms with Crippen LogP contribution in [0.25, 0.3) is 11.1 Å². The quantitative estimate of drug-likeness (QED) is 0.589. The van der Waals surface area contributed by atoms with Crippen LogP contribution < -0.4 is 10.4 Å². The molecule has 36 heavy (non-hydrogen) atoms. The maximum Gasteiger partial charge on any atom is 0.417 e. The Morgan fingerprint density at radius 1 is 0.556 bits per heavy atom. The van der Waals surface area contributed by atoms with E-state index in [0.29, 0.717) is 12.1 Å². The minimum Gasteiger partial charge on any atom is -0.192 e. The Morgan fingerprint density at radius 2 is 0.972 bits per heavy atom. The lowest BCUT2D eigenvalue weighted by Gasteiger charge is -2.15. The highest BCUT2D eigenvalue weighted by Crippen LogP contribution is 2.36. The van der Waals surface area contributed by atoms with Gasteiger partial charge in [0.15, 0.2) is 0 Å². The third-order valence-electron chi connectivity index (χ3n) is 4.76. The van der Waals surface area contributed by atoms with E-state index >= 15 is 0 Å². The number of nitrogens with zero attached hydrogens (tertiary/aromatic N) is 9. The maximum absolute atomic E-state index is 13.9. The van der Waals surface area contributed by atoms with Crippen LogP contribution in [0.5, 0.6) is 0 Å². The standard InChI is InChI=1S/C24H2F3N9/c25-24(26,27)21-2-13(4-29)12(3-28)1-15(21)16(7-32)23-19(10-35)17(8-33)22(14(5-30)6-31)18(9-34)20(23)11-36/h1-2H. The van der Waals surface area contributed by atoms with Gasteiger partial charge in [-0.2, -0.15) is 60.5 Å². The van der Waals surface area contributed by atoms with Crippen LogP contribution in [0.4, 0.5) is 13.2 Å². The summed E-state index contributed by atoms with van der Waals surface area (Å²) in [4.78, 5) is 0. The van der Waals surface area contributed by atoms with Crippen LogP contribution >= 0.6 is 0 Å². The molecule has 0 fully saturated rings. The Balaban J connectivity index is 3.61. The third kappa shape index (κ3) is 3.96. The average Bonchev–Trinajstić information content (AvgIpc) is 2.88. The molecule has 0 aliphatic heterocycles. The highest BCUT2D eigenvalue weighted by atomic mass is 19.4. The van der Waals surface area contributed by atoms with Gasteiger partial charge in [-0.1, -0.05) is 0 Å². The molecule has 0 unspecified atom stereocenters. The van der Waals surface area contributed by atoms with Crippen molar-refractivity contribution in [2.45, 2.75) is 6.18 Å². The molecule has 2 rings (SSSR count). The van der Waals surface area contributed by atoms with Gasteiger partial charge in [-0.05, 0) is 12.1 Å². The van der Waals surface area contributed by atoms with Crippen molar-refractivity contribution in [3.63, 3.8) is 0 Å². The van der Waals surface area contributed by atoms with E-state index in [-0.39, 0.29) is 0 Å². The van der Waals surface area contributed by atoms with Gasteiger partial charge in [0.05, 0.1) is 44.5 Å². The van der Waals surface area contributed by atoms with Crippen molar-refractivity contribution in [2.75, 3.05) is 0 Å². The number of alkyl halides is 3. The van der Waals surface area contributed by atoms with E-state index in [1.807, 2.05) is 0 Å². The summed E-state index contributed by atoms with van der Waals surface area (Å²) in [6.45, 7) is 0. The minimum atomic E-state index is -5.19. The van der Waals surface area contributed by atoms with E-state index in [1.54, 1.807) is 0 Å². The summed E-state index contributed by atoms with van der Waals surface area (Å²) in [5.41, 5.74) is -8.92. The Morgan fingerprint density at radius 3 is 1.31 bits per heavy atom. The van der Waals surface area contributed by atoms with Gasteiger partial charge in [0.2, 0.25) is 0 Å². The number of rotatable bonds is 1. The van der Waals surface area contributed by atoms with Crippen LogP contribution in [0.1, 0.15) is 44.5 Å². The maximum atomic E-state index is 13.9. The molecule has 0 heterocycles. The number of nitriles is 9. The Bertz CT molecular complexity index is 1790. The van der Waals surface area contributed by atoms with Crippen molar-refractivity contribution < 1.29 is 13.2 Å². The van der Waals surface area contributed by atoms with Gasteiger partial charge >= 0.3 is 6.18 Å². The molecule has 0 aromatic heterocycles. The first kappa shape index (κ1) is 25.6. The fourth-order valence-electron chi connectivity index (χ4n) is 3.31. The Hall–Kier alpha value is -6.62. The van der Waals surface area contributed by atoms with Gasteiger partial charge in [0.25, 0.3) is 0 Å². The first-order chi connectivity index (χ1) is 17.1. The summed E-state index contributed by atoms with van der Waals surface area (Å²) in [6, 6.07) is 14.1. The fraction of sp³-hybridized carbons (Fsp3) is 0.0417. The molecule has 0 saturated carbocycles. The third-order valence-corrected chi connectivity index (χ3v) is 4.76. The lowest BCUT2D eigenvalue weighted by atomic mass is 9.86. The molecular weight excluding hydrogens is 471 g/mol. The number of hydrogen-bond acceptors (Lipinski definition) is 9. The van der Waals surface area contributed by atoms with Crippen LogP contribution in [0.3, 0.4) is 0 Å². The minimum absolute atomic E-state index is 0.311. The first-order valence-corrected chi connectivity index (χ1v) is 8.98. The van der Waals surface area contributed by atoms with Crippen molar-refractivity contribution in [3.8, 4) is 54.6 Å². The second-order valence-electron chi connectivity index (χ2n) is 6.45. The van der Waals surface area contributed by atoms with Gasteiger partial charge < -0.3 is 0 Å². The molecule has 2 aromatic carbocycles. The molecular formula is C24H2F3N9. The zero-order valence-electron chi connectivity index (χ0n) is 17.3. The van der Waals surface area contributed by atoms with Crippen molar-refractivity contribution in [3.05, 3.63) is 67.1 Å². The second kappa shape index (κ2) is 9.89. The molecule has 0 aliphatic carbocycles. The second-order valence-corrected chi connectivity index (χ2v) is 6.45. The molecule has 0 atom stereocenters. The SMILES string of the molecule is N#CC(C#N)=c1c(C#N)c(C#N)c(=C(C#N)c2cc(C#N)c(C#N)cc2C(F)(F)F)c(C#N)c1C#N. The number of benzene rings is 2. The molecule has 0 amide bonds. The predicted octanol–water partition coefficient (Wildman–Crippen LogP) is 1.86. The summed E-state index contributed by atoms with van der Waals surface area (Å²) in [5.74, 6) is 0. The van der Waals surface area contributed by atoms with Crippen molar-refractivity contribution in [2.24, 2.45) is 0 Å². The zero-order valence-corrected chi connectivity index (χ0v) is 17.3. The largest absolute Gasteiger partial charge is 0.417 e.